The monoisotopic (exact) mass is 201 g/mol. The first-order valence-electron chi connectivity index (χ1n) is 4.09. The maximum Gasteiger partial charge on any atom is 0.124 e. The van der Waals surface area contributed by atoms with Gasteiger partial charge in [0.1, 0.15) is 10.6 Å². The number of ether oxygens (including phenoxy) is 2. The molecule has 13 heavy (non-hydrogen) atoms. The van der Waals surface area contributed by atoms with Crippen molar-refractivity contribution in [3.05, 3.63) is 16.1 Å². The molecule has 0 aromatic carbocycles. The lowest BCUT2D eigenvalue weighted by Gasteiger charge is -2.19. The predicted molar refractivity (Wildman–Crippen MR) is 52.9 cm³/mol. The van der Waals surface area contributed by atoms with E-state index in [0.29, 0.717) is 6.61 Å². The number of nitrogens with zero attached hydrogens (tertiary/aromatic N) is 1. The molecule has 0 amide bonds. The van der Waals surface area contributed by atoms with E-state index in [1.807, 2.05) is 19.2 Å². The molecule has 0 aliphatic heterocycles. The standard InChI is InChI=1S/C9H15NO2S/c1-9(2,12-4)8-10-7(5-11-3)6-13-8/h6H,5H2,1-4H3. The molecule has 4 heteroatoms. The SMILES string of the molecule is COCc1csc(C(C)(C)OC)n1. The molecule has 1 aromatic rings. The van der Waals surface area contributed by atoms with Gasteiger partial charge in [-0.2, -0.15) is 0 Å². The molecule has 0 N–H and O–H groups in total. The molecule has 0 fully saturated rings. The van der Waals surface area contributed by atoms with Gasteiger partial charge >= 0.3 is 0 Å². The molecule has 0 radical (unpaired) electrons. The van der Waals surface area contributed by atoms with E-state index >= 15 is 0 Å². The fourth-order valence-corrected chi connectivity index (χ4v) is 1.79. The maximum atomic E-state index is 5.32. The average Bonchev–Trinajstić information content (AvgIpc) is 2.54. The summed E-state index contributed by atoms with van der Waals surface area (Å²) in [5.74, 6) is 0. The molecule has 74 valence electrons. The summed E-state index contributed by atoms with van der Waals surface area (Å²) in [5.41, 5.74) is 0.670. The number of hydrogen-bond acceptors (Lipinski definition) is 4. The summed E-state index contributed by atoms with van der Waals surface area (Å²) < 4.78 is 10.3. The maximum absolute atomic E-state index is 5.32. The number of aromatic nitrogens is 1. The van der Waals surface area contributed by atoms with Crippen LogP contribution in [0.4, 0.5) is 0 Å². The molecule has 0 aliphatic rings. The summed E-state index contributed by atoms with van der Waals surface area (Å²) >= 11 is 1.60. The second kappa shape index (κ2) is 4.17. The van der Waals surface area contributed by atoms with Gasteiger partial charge in [0.15, 0.2) is 0 Å². The summed E-state index contributed by atoms with van der Waals surface area (Å²) in [4.78, 5) is 4.41. The summed E-state index contributed by atoms with van der Waals surface area (Å²) in [7, 11) is 3.36. The van der Waals surface area contributed by atoms with Crippen molar-refractivity contribution in [3.63, 3.8) is 0 Å². The third-order valence-electron chi connectivity index (χ3n) is 1.87. The summed E-state index contributed by atoms with van der Waals surface area (Å²) in [6.45, 7) is 4.57. The lowest BCUT2D eigenvalue weighted by molar-refractivity contribution is 0.0187. The van der Waals surface area contributed by atoms with Gasteiger partial charge in [-0.1, -0.05) is 0 Å². The van der Waals surface area contributed by atoms with E-state index in [9.17, 15) is 0 Å². The Kier molecular flexibility index (Phi) is 3.41. The van der Waals surface area contributed by atoms with Crippen molar-refractivity contribution in [3.8, 4) is 0 Å². The van der Waals surface area contributed by atoms with Crippen LogP contribution in [0.3, 0.4) is 0 Å². The van der Waals surface area contributed by atoms with Crippen molar-refractivity contribution in [1.82, 2.24) is 4.98 Å². The summed E-state index contributed by atoms with van der Waals surface area (Å²) in [6.07, 6.45) is 0. The van der Waals surface area contributed by atoms with Gasteiger partial charge in [0, 0.05) is 19.6 Å². The summed E-state index contributed by atoms with van der Waals surface area (Å²) in [6, 6.07) is 0. The zero-order valence-corrected chi connectivity index (χ0v) is 9.27. The van der Waals surface area contributed by atoms with Crippen molar-refractivity contribution in [1.29, 1.82) is 0 Å². The van der Waals surface area contributed by atoms with E-state index in [1.54, 1.807) is 25.6 Å². The Morgan fingerprint density at radius 2 is 2.15 bits per heavy atom. The first-order chi connectivity index (χ1) is 6.10. The van der Waals surface area contributed by atoms with Crippen LogP contribution in [0.5, 0.6) is 0 Å². The van der Waals surface area contributed by atoms with Crippen LogP contribution in [0.25, 0.3) is 0 Å². The Balaban J connectivity index is 2.79. The fraction of sp³-hybridized carbons (Fsp3) is 0.667. The second-order valence-electron chi connectivity index (χ2n) is 3.29. The third-order valence-corrected chi connectivity index (χ3v) is 3.07. The highest BCUT2D eigenvalue weighted by molar-refractivity contribution is 7.09. The van der Waals surface area contributed by atoms with Gasteiger partial charge in [-0.15, -0.1) is 11.3 Å². The molecule has 0 atom stereocenters. The molecule has 0 saturated carbocycles. The highest BCUT2D eigenvalue weighted by Crippen LogP contribution is 2.26. The molecule has 0 aliphatic carbocycles. The Morgan fingerprint density at radius 3 is 2.69 bits per heavy atom. The number of thiazole rings is 1. The molecule has 3 nitrogen and oxygen atoms in total. The zero-order valence-electron chi connectivity index (χ0n) is 8.46. The van der Waals surface area contributed by atoms with Gasteiger partial charge < -0.3 is 9.47 Å². The number of methoxy groups -OCH3 is 2. The largest absolute Gasteiger partial charge is 0.378 e. The smallest absolute Gasteiger partial charge is 0.124 e. The predicted octanol–water partition coefficient (Wildman–Crippen LogP) is 2.17. The van der Waals surface area contributed by atoms with Crippen LogP contribution in [0.2, 0.25) is 0 Å². The zero-order chi connectivity index (χ0) is 9.90. The highest BCUT2D eigenvalue weighted by atomic mass is 32.1. The van der Waals surface area contributed by atoms with Crippen LogP contribution in [0, 0.1) is 0 Å². The van der Waals surface area contributed by atoms with Crippen molar-refractivity contribution in [2.75, 3.05) is 14.2 Å². The van der Waals surface area contributed by atoms with Crippen LogP contribution < -0.4 is 0 Å². The quantitative estimate of drug-likeness (QED) is 0.748. The van der Waals surface area contributed by atoms with E-state index < -0.39 is 0 Å². The Morgan fingerprint density at radius 1 is 1.46 bits per heavy atom. The minimum atomic E-state index is -0.295. The normalized spacial score (nSPS) is 12.0. The molecular weight excluding hydrogens is 186 g/mol. The van der Waals surface area contributed by atoms with Crippen molar-refractivity contribution >= 4 is 11.3 Å². The molecule has 0 saturated heterocycles. The lowest BCUT2D eigenvalue weighted by atomic mass is 10.1. The highest BCUT2D eigenvalue weighted by Gasteiger charge is 2.23. The van der Waals surface area contributed by atoms with Crippen molar-refractivity contribution in [2.24, 2.45) is 0 Å². The van der Waals surface area contributed by atoms with Gasteiger partial charge in [0.25, 0.3) is 0 Å². The lowest BCUT2D eigenvalue weighted by Crippen LogP contribution is -2.19. The Hall–Kier alpha value is -0.450. The summed E-state index contributed by atoms with van der Waals surface area (Å²) in [5, 5.41) is 2.99. The van der Waals surface area contributed by atoms with Crippen LogP contribution in [-0.4, -0.2) is 19.2 Å². The van der Waals surface area contributed by atoms with Crippen molar-refractivity contribution < 1.29 is 9.47 Å². The molecule has 1 rings (SSSR count). The van der Waals surface area contributed by atoms with E-state index in [0.717, 1.165) is 10.7 Å². The van der Waals surface area contributed by atoms with Crippen LogP contribution in [0.15, 0.2) is 5.38 Å². The average molecular weight is 201 g/mol. The fourth-order valence-electron chi connectivity index (χ4n) is 0.885. The van der Waals surface area contributed by atoms with Gasteiger partial charge in [0.05, 0.1) is 12.3 Å². The van der Waals surface area contributed by atoms with Crippen molar-refractivity contribution in [2.45, 2.75) is 26.1 Å². The van der Waals surface area contributed by atoms with Crippen LogP contribution in [0.1, 0.15) is 24.5 Å². The van der Waals surface area contributed by atoms with Crippen LogP contribution >= 0.6 is 11.3 Å². The minimum absolute atomic E-state index is 0.295. The van der Waals surface area contributed by atoms with E-state index in [1.165, 1.54) is 0 Å². The molecule has 0 unspecified atom stereocenters. The first-order valence-corrected chi connectivity index (χ1v) is 4.97. The molecular formula is C9H15NO2S. The Bertz CT molecular complexity index is 270. The topological polar surface area (TPSA) is 31.4 Å². The van der Waals surface area contributed by atoms with E-state index in [-0.39, 0.29) is 5.60 Å². The van der Waals surface area contributed by atoms with Gasteiger partial charge in [0.2, 0.25) is 0 Å². The van der Waals surface area contributed by atoms with Gasteiger partial charge in [-0.3, -0.25) is 0 Å². The molecule has 0 bridgehead atoms. The van der Waals surface area contributed by atoms with E-state index in [4.69, 9.17) is 9.47 Å². The molecule has 1 heterocycles. The number of rotatable bonds is 4. The third kappa shape index (κ3) is 2.49. The second-order valence-corrected chi connectivity index (χ2v) is 4.15. The number of hydrogen-bond donors (Lipinski definition) is 0. The van der Waals surface area contributed by atoms with Crippen LogP contribution in [-0.2, 0) is 21.7 Å². The van der Waals surface area contributed by atoms with Gasteiger partial charge in [-0.05, 0) is 13.8 Å². The molecule has 0 spiro atoms. The van der Waals surface area contributed by atoms with E-state index in [2.05, 4.69) is 4.98 Å². The van der Waals surface area contributed by atoms with Gasteiger partial charge in [-0.25, -0.2) is 4.98 Å². The minimum Gasteiger partial charge on any atom is -0.378 e. The Labute approximate surface area is 82.7 Å². The molecule has 1 aromatic heterocycles. The first kappa shape index (κ1) is 10.6.